The van der Waals surface area contributed by atoms with Gasteiger partial charge in [0.1, 0.15) is 5.75 Å². The van der Waals surface area contributed by atoms with Gasteiger partial charge in [-0.1, -0.05) is 12.1 Å². The van der Waals surface area contributed by atoms with Crippen molar-refractivity contribution in [2.24, 2.45) is 0 Å². The molecule has 0 saturated carbocycles. The maximum Gasteiger partial charge on any atom is 0.224 e. The molecule has 2 aromatic rings. The van der Waals surface area contributed by atoms with E-state index in [-0.39, 0.29) is 12.0 Å². The molecule has 5 heteroatoms. The minimum atomic E-state index is -0.188. The molecule has 1 atom stereocenters. The molecule has 0 bridgehead atoms. The van der Waals surface area contributed by atoms with Crippen molar-refractivity contribution in [2.75, 3.05) is 20.8 Å². The summed E-state index contributed by atoms with van der Waals surface area (Å²) in [5.74, 6) is 0.775. The number of benzene rings is 1. The van der Waals surface area contributed by atoms with E-state index < -0.39 is 0 Å². The van der Waals surface area contributed by atoms with Crippen LogP contribution in [0.1, 0.15) is 17.2 Å². The molecule has 0 aliphatic carbocycles. The van der Waals surface area contributed by atoms with Crippen LogP contribution in [0.25, 0.3) is 0 Å². The average molecular weight is 305 g/mol. The van der Waals surface area contributed by atoms with Gasteiger partial charge in [0.2, 0.25) is 5.91 Å². The van der Waals surface area contributed by atoms with Gasteiger partial charge in [-0.15, -0.1) is 0 Å². The van der Waals surface area contributed by atoms with Crippen LogP contribution < -0.4 is 10.1 Å². The lowest BCUT2D eigenvalue weighted by Gasteiger charge is -2.17. The summed E-state index contributed by atoms with van der Waals surface area (Å²) in [6.07, 6.45) is 0.212. The van der Waals surface area contributed by atoms with Gasteiger partial charge in [0, 0.05) is 13.7 Å². The van der Waals surface area contributed by atoms with E-state index in [1.54, 1.807) is 25.6 Å². The monoisotopic (exact) mass is 305 g/mol. The van der Waals surface area contributed by atoms with Gasteiger partial charge in [0.05, 0.1) is 19.6 Å². The Morgan fingerprint density at radius 1 is 1.33 bits per heavy atom. The van der Waals surface area contributed by atoms with Gasteiger partial charge in [-0.25, -0.2) is 0 Å². The van der Waals surface area contributed by atoms with E-state index in [0.717, 1.165) is 16.9 Å². The van der Waals surface area contributed by atoms with Crippen molar-refractivity contribution in [3.8, 4) is 5.75 Å². The zero-order chi connectivity index (χ0) is 15.1. The first-order chi connectivity index (χ1) is 10.2. The van der Waals surface area contributed by atoms with Crippen molar-refractivity contribution in [1.82, 2.24) is 5.32 Å². The standard InChI is InChI=1S/C16H19NO3S/c1-19-14-5-3-4-13(9-14)15(20-2)10-17-16(18)8-12-6-7-21-11-12/h3-7,9,11,15H,8,10H2,1-2H3,(H,17,18). The van der Waals surface area contributed by atoms with Gasteiger partial charge < -0.3 is 14.8 Å². The van der Waals surface area contributed by atoms with E-state index in [0.29, 0.717) is 13.0 Å². The minimum absolute atomic E-state index is 0.00153. The highest BCUT2D eigenvalue weighted by Gasteiger charge is 2.13. The van der Waals surface area contributed by atoms with Gasteiger partial charge in [-0.2, -0.15) is 11.3 Å². The summed E-state index contributed by atoms with van der Waals surface area (Å²) < 4.78 is 10.7. The fraction of sp³-hybridized carbons (Fsp3) is 0.312. The van der Waals surface area contributed by atoms with Gasteiger partial charge >= 0.3 is 0 Å². The van der Waals surface area contributed by atoms with E-state index in [1.807, 2.05) is 41.1 Å². The Labute approximate surface area is 128 Å². The van der Waals surface area contributed by atoms with Crippen LogP contribution in [0.4, 0.5) is 0 Å². The van der Waals surface area contributed by atoms with Gasteiger partial charge in [0.15, 0.2) is 0 Å². The first kappa shape index (κ1) is 15.5. The highest BCUT2D eigenvalue weighted by Crippen LogP contribution is 2.21. The first-order valence-corrected chi connectivity index (χ1v) is 7.61. The molecular formula is C16H19NO3S. The van der Waals surface area contributed by atoms with Crippen molar-refractivity contribution >= 4 is 17.2 Å². The third kappa shape index (κ3) is 4.58. The van der Waals surface area contributed by atoms with Crippen LogP contribution in [0.2, 0.25) is 0 Å². The molecule has 1 heterocycles. The Kier molecular flexibility index (Phi) is 5.78. The van der Waals surface area contributed by atoms with Crippen LogP contribution in [0.15, 0.2) is 41.1 Å². The van der Waals surface area contributed by atoms with Crippen LogP contribution in [0.3, 0.4) is 0 Å². The molecule has 1 amide bonds. The zero-order valence-corrected chi connectivity index (χ0v) is 13.0. The van der Waals surface area contributed by atoms with Crippen LogP contribution >= 0.6 is 11.3 Å². The Morgan fingerprint density at radius 2 is 2.19 bits per heavy atom. The SMILES string of the molecule is COc1cccc(C(CNC(=O)Cc2ccsc2)OC)c1. The summed E-state index contributed by atoms with van der Waals surface area (Å²) in [4.78, 5) is 11.9. The van der Waals surface area contributed by atoms with Crippen molar-refractivity contribution in [3.05, 3.63) is 52.2 Å². The molecule has 4 nitrogen and oxygen atoms in total. The largest absolute Gasteiger partial charge is 0.497 e. The Hall–Kier alpha value is -1.85. The molecule has 0 aliphatic rings. The van der Waals surface area contributed by atoms with Crippen molar-refractivity contribution in [2.45, 2.75) is 12.5 Å². The molecule has 0 saturated heterocycles. The highest BCUT2D eigenvalue weighted by molar-refractivity contribution is 7.07. The van der Waals surface area contributed by atoms with E-state index in [1.165, 1.54) is 0 Å². The number of carbonyl (C=O) groups is 1. The number of nitrogens with one attached hydrogen (secondary N) is 1. The molecule has 0 aliphatic heterocycles. The fourth-order valence-corrected chi connectivity index (χ4v) is 2.70. The molecule has 1 aromatic carbocycles. The topological polar surface area (TPSA) is 47.6 Å². The van der Waals surface area contributed by atoms with E-state index in [2.05, 4.69) is 5.32 Å². The van der Waals surface area contributed by atoms with Gasteiger partial charge in [-0.05, 0) is 40.1 Å². The molecule has 21 heavy (non-hydrogen) atoms. The molecule has 0 radical (unpaired) electrons. The number of carbonyl (C=O) groups excluding carboxylic acids is 1. The molecule has 2 rings (SSSR count). The number of thiophene rings is 1. The lowest BCUT2D eigenvalue weighted by Crippen LogP contribution is -2.30. The second-order valence-corrected chi connectivity index (χ2v) is 5.39. The molecule has 1 unspecified atom stereocenters. The quantitative estimate of drug-likeness (QED) is 0.855. The smallest absolute Gasteiger partial charge is 0.224 e. The minimum Gasteiger partial charge on any atom is -0.497 e. The number of hydrogen-bond acceptors (Lipinski definition) is 4. The van der Waals surface area contributed by atoms with Crippen LogP contribution in [-0.4, -0.2) is 26.7 Å². The van der Waals surface area contributed by atoms with E-state index >= 15 is 0 Å². The summed E-state index contributed by atoms with van der Waals surface area (Å²) in [5.41, 5.74) is 2.01. The Balaban J connectivity index is 1.91. The van der Waals surface area contributed by atoms with Crippen molar-refractivity contribution in [1.29, 1.82) is 0 Å². The average Bonchev–Trinajstić information content (AvgIpc) is 3.01. The van der Waals surface area contributed by atoms with Crippen LogP contribution in [-0.2, 0) is 16.0 Å². The highest BCUT2D eigenvalue weighted by atomic mass is 32.1. The molecule has 0 fully saturated rings. The van der Waals surface area contributed by atoms with Crippen molar-refractivity contribution in [3.63, 3.8) is 0 Å². The summed E-state index contributed by atoms with van der Waals surface area (Å²) in [6.45, 7) is 0.437. The van der Waals surface area contributed by atoms with Gasteiger partial charge in [0.25, 0.3) is 0 Å². The second kappa shape index (κ2) is 7.81. The lowest BCUT2D eigenvalue weighted by molar-refractivity contribution is -0.121. The zero-order valence-electron chi connectivity index (χ0n) is 12.2. The fourth-order valence-electron chi connectivity index (χ4n) is 2.03. The third-order valence-corrected chi connectivity index (χ3v) is 3.91. The molecule has 1 aromatic heterocycles. The molecule has 112 valence electrons. The van der Waals surface area contributed by atoms with Crippen LogP contribution in [0.5, 0.6) is 5.75 Å². The summed E-state index contributed by atoms with van der Waals surface area (Å²) in [5, 5.41) is 6.86. The Morgan fingerprint density at radius 3 is 2.86 bits per heavy atom. The predicted molar refractivity (Wildman–Crippen MR) is 83.8 cm³/mol. The summed E-state index contributed by atoms with van der Waals surface area (Å²) >= 11 is 1.59. The molecule has 1 N–H and O–H groups in total. The van der Waals surface area contributed by atoms with E-state index in [9.17, 15) is 4.79 Å². The maximum absolute atomic E-state index is 11.9. The summed E-state index contributed by atoms with van der Waals surface area (Å²) in [7, 11) is 3.26. The maximum atomic E-state index is 11.9. The number of hydrogen-bond donors (Lipinski definition) is 1. The molecule has 0 spiro atoms. The third-order valence-electron chi connectivity index (χ3n) is 3.18. The second-order valence-electron chi connectivity index (χ2n) is 4.61. The lowest BCUT2D eigenvalue weighted by atomic mass is 10.1. The number of methoxy groups -OCH3 is 2. The number of rotatable bonds is 7. The number of ether oxygens (including phenoxy) is 2. The van der Waals surface area contributed by atoms with Crippen molar-refractivity contribution < 1.29 is 14.3 Å². The first-order valence-electron chi connectivity index (χ1n) is 6.67. The van der Waals surface area contributed by atoms with Gasteiger partial charge in [-0.3, -0.25) is 4.79 Å². The van der Waals surface area contributed by atoms with E-state index in [4.69, 9.17) is 9.47 Å². The normalized spacial score (nSPS) is 11.9. The number of amides is 1. The molecular weight excluding hydrogens is 286 g/mol. The Bertz CT molecular complexity index is 569. The predicted octanol–water partition coefficient (Wildman–Crippen LogP) is 2.80. The summed E-state index contributed by atoms with van der Waals surface area (Å²) in [6, 6.07) is 9.62. The van der Waals surface area contributed by atoms with Crippen LogP contribution in [0, 0.1) is 0 Å².